The van der Waals surface area contributed by atoms with Gasteiger partial charge in [0.1, 0.15) is 30.6 Å². The number of nitrogens with one attached hydrogen (secondary N) is 1. The van der Waals surface area contributed by atoms with Gasteiger partial charge >= 0.3 is 5.69 Å². The summed E-state index contributed by atoms with van der Waals surface area (Å²) in [5, 5.41) is 39.5. The summed E-state index contributed by atoms with van der Waals surface area (Å²) in [5.41, 5.74) is -1.28. The van der Waals surface area contributed by atoms with E-state index in [-0.39, 0.29) is 17.3 Å². The number of aliphatic hydroxyl groups excluding tert-OH is 4. The van der Waals surface area contributed by atoms with Gasteiger partial charge in [-0.1, -0.05) is 15.9 Å². The van der Waals surface area contributed by atoms with Gasteiger partial charge in [0.05, 0.1) is 18.8 Å². The largest absolute Gasteiger partial charge is 0.756 e. The number of hydrogen-bond donors (Lipinski definition) is 5. The molecule has 0 spiro atoms. The summed E-state index contributed by atoms with van der Waals surface area (Å²) in [7, 11) is -11.4. The lowest BCUT2D eigenvalue weighted by atomic mass is 10.0. The van der Waals surface area contributed by atoms with E-state index < -0.39 is 82.6 Å². The molecule has 0 radical (unpaired) electrons. The van der Waals surface area contributed by atoms with Crippen LogP contribution in [0.4, 0.5) is 0 Å². The van der Waals surface area contributed by atoms with E-state index in [0.29, 0.717) is 0 Å². The third-order valence-electron chi connectivity index (χ3n) is 5.31. The van der Waals surface area contributed by atoms with Crippen molar-refractivity contribution in [3.8, 4) is 0 Å². The number of phosphoric ester groups is 2. The Hall–Kier alpha value is -0.820. The Labute approximate surface area is 210 Å². The molecule has 1 aromatic rings. The lowest BCUT2D eigenvalue weighted by molar-refractivity contribution is -0.298. The number of aromatic amines is 1. The summed E-state index contributed by atoms with van der Waals surface area (Å²) in [6.45, 7) is 0.504. The van der Waals surface area contributed by atoms with E-state index in [4.69, 9.17) is 9.47 Å². The number of halogens is 1. The number of alkyl halides is 1. The van der Waals surface area contributed by atoms with E-state index in [2.05, 4.69) is 29.3 Å². The second-order valence-corrected chi connectivity index (χ2v) is 11.5. The highest BCUT2D eigenvalue weighted by molar-refractivity contribution is 9.09. The van der Waals surface area contributed by atoms with Crippen LogP contribution in [-0.4, -0.2) is 84.8 Å². The van der Waals surface area contributed by atoms with Crippen molar-refractivity contribution in [3.05, 3.63) is 32.6 Å². The zero-order valence-electron chi connectivity index (χ0n) is 18.3. The molecule has 17 nitrogen and oxygen atoms in total. The molecule has 5 N–H and O–H groups in total. The van der Waals surface area contributed by atoms with E-state index in [9.17, 15) is 48.9 Å². The van der Waals surface area contributed by atoms with Crippen molar-refractivity contribution in [2.75, 3.05) is 11.9 Å². The van der Waals surface area contributed by atoms with Crippen molar-refractivity contribution in [1.82, 2.24) is 9.55 Å². The van der Waals surface area contributed by atoms with Crippen LogP contribution in [-0.2, 0) is 32.0 Å². The molecule has 36 heavy (non-hydrogen) atoms. The summed E-state index contributed by atoms with van der Waals surface area (Å²) >= 11 is 2.95. The fraction of sp³-hybridized carbons (Fsp3) is 0.750. The minimum Gasteiger partial charge on any atom is -0.756 e. The molecule has 2 unspecified atom stereocenters. The van der Waals surface area contributed by atoms with Gasteiger partial charge in [-0.25, -0.2) is 9.11 Å². The second kappa shape index (κ2) is 11.5. The number of aryl methyl sites for hydroxylation is 1. The Morgan fingerprint density at radius 1 is 1.11 bits per heavy atom. The van der Waals surface area contributed by atoms with Gasteiger partial charge < -0.3 is 44.2 Å². The zero-order valence-corrected chi connectivity index (χ0v) is 21.7. The summed E-state index contributed by atoms with van der Waals surface area (Å²) in [6.07, 6.45) is -11.7. The molecule has 2 aliphatic heterocycles. The van der Waals surface area contributed by atoms with Gasteiger partial charge in [0.2, 0.25) is 0 Å². The number of H-pyrrole nitrogens is 1. The van der Waals surface area contributed by atoms with Gasteiger partial charge in [0, 0.05) is 23.5 Å². The Morgan fingerprint density at radius 2 is 1.78 bits per heavy atom. The molecule has 2 saturated heterocycles. The number of nitrogens with zero attached hydrogens (tertiary/aromatic N) is 1. The van der Waals surface area contributed by atoms with Crippen LogP contribution in [0, 0.1) is 6.92 Å². The van der Waals surface area contributed by atoms with E-state index >= 15 is 0 Å². The highest BCUT2D eigenvalue weighted by Crippen LogP contribution is 2.57. The van der Waals surface area contributed by atoms with Crippen LogP contribution < -0.4 is 21.0 Å². The first-order chi connectivity index (χ1) is 16.6. The summed E-state index contributed by atoms with van der Waals surface area (Å²) < 4.78 is 48.3. The average Bonchev–Trinajstić information content (AvgIpc) is 3.14. The van der Waals surface area contributed by atoms with Crippen LogP contribution in [0.1, 0.15) is 18.2 Å². The van der Waals surface area contributed by atoms with Gasteiger partial charge in [-0.3, -0.25) is 28.0 Å². The lowest BCUT2D eigenvalue weighted by Crippen LogP contribution is -2.58. The number of rotatable bonds is 9. The normalized spacial score (nSPS) is 36.3. The Morgan fingerprint density at radius 3 is 2.42 bits per heavy atom. The molecule has 3 heterocycles. The van der Waals surface area contributed by atoms with Crippen molar-refractivity contribution in [3.63, 3.8) is 0 Å². The van der Waals surface area contributed by atoms with E-state index in [1.165, 1.54) is 13.1 Å². The SMILES string of the molecule is Cc1cn([C@H]2C[C@H](O)[C@@H](COP(=O)([O-])OP(=O)([O-])O[C@H]3O[C@H](CBr)[C@@H](O)[C@H](O)[C@H]3O)O2)c(=O)[nH]c1=O. The number of aromatic nitrogens is 2. The first-order valence-electron chi connectivity index (χ1n) is 10.2. The van der Waals surface area contributed by atoms with Crippen molar-refractivity contribution >= 4 is 31.6 Å². The molecular weight excluding hydrogens is 602 g/mol. The topological polar surface area (TPSA) is 262 Å². The predicted molar refractivity (Wildman–Crippen MR) is 114 cm³/mol. The van der Waals surface area contributed by atoms with Crippen LogP contribution in [0.15, 0.2) is 15.8 Å². The van der Waals surface area contributed by atoms with Crippen molar-refractivity contribution in [2.24, 2.45) is 0 Å². The molecule has 0 saturated carbocycles. The molecule has 0 bridgehead atoms. The quantitative estimate of drug-likeness (QED) is 0.133. The molecule has 3 rings (SSSR count). The molecule has 0 aromatic carbocycles. The monoisotopic (exact) mass is 624 g/mol. The summed E-state index contributed by atoms with van der Waals surface area (Å²) in [4.78, 5) is 49.7. The fourth-order valence-corrected chi connectivity index (χ4v) is 6.04. The maximum absolute atomic E-state index is 12.1. The van der Waals surface area contributed by atoms with Gasteiger partial charge in [0.15, 0.2) is 6.29 Å². The van der Waals surface area contributed by atoms with E-state index in [1.54, 1.807) is 0 Å². The summed E-state index contributed by atoms with van der Waals surface area (Å²) in [5.74, 6) is 0. The van der Waals surface area contributed by atoms with Gasteiger partial charge in [-0.05, 0) is 6.92 Å². The molecule has 20 heteroatoms. The molecule has 2 fully saturated rings. The molecule has 10 atom stereocenters. The van der Waals surface area contributed by atoms with Gasteiger partial charge in [0.25, 0.3) is 21.2 Å². The lowest BCUT2D eigenvalue weighted by Gasteiger charge is -2.42. The van der Waals surface area contributed by atoms with Gasteiger partial charge in [-0.2, -0.15) is 0 Å². The molecule has 0 aliphatic carbocycles. The van der Waals surface area contributed by atoms with Crippen LogP contribution >= 0.6 is 31.6 Å². The second-order valence-electron chi connectivity index (χ2n) is 7.96. The maximum atomic E-state index is 12.1. The van der Waals surface area contributed by atoms with Crippen LogP contribution in [0.25, 0.3) is 0 Å². The van der Waals surface area contributed by atoms with E-state index in [0.717, 1.165) is 4.57 Å². The Bertz CT molecular complexity index is 1140. The first-order valence-corrected chi connectivity index (χ1v) is 14.3. The number of aliphatic hydroxyl groups is 4. The van der Waals surface area contributed by atoms with Gasteiger partial charge in [-0.15, -0.1) is 0 Å². The number of ether oxygens (including phenoxy) is 2. The minimum atomic E-state index is -5.78. The Kier molecular flexibility index (Phi) is 9.51. The minimum absolute atomic E-state index is 0.0968. The van der Waals surface area contributed by atoms with Crippen molar-refractivity contribution in [1.29, 1.82) is 0 Å². The predicted octanol–water partition coefficient (Wildman–Crippen LogP) is -3.32. The molecular formula is C16H23BrN2O15P2-2. The standard InChI is InChI=1S/C16H25BrN2O15P2/c1-6-4-19(16(25)18-14(6)24)10-2-7(20)9(31-10)5-30-35(26,27)34-36(28,29)33-15-13(23)12(22)11(21)8(3-17)32-15/h4,7-13,15,20-23H,2-3,5H2,1H3,(H,26,27)(H,28,29)(H,18,24,25)/p-2/t7-,8+,9+,10+,11+,12-,13+,15+/m0/s1. The van der Waals surface area contributed by atoms with Crippen molar-refractivity contribution < 1.29 is 62.2 Å². The highest BCUT2D eigenvalue weighted by atomic mass is 79.9. The van der Waals surface area contributed by atoms with Crippen molar-refractivity contribution in [2.45, 2.75) is 62.5 Å². The molecule has 1 aromatic heterocycles. The smallest absolute Gasteiger partial charge is 0.330 e. The highest BCUT2D eigenvalue weighted by Gasteiger charge is 2.45. The molecule has 2 aliphatic rings. The van der Waals surface area contributed by atoms with Crippen LogP contribution in [0.3, 0.4) is 0 Å². The van der Waals surface area contributed by atoms with Crippen LogP contribution in [0.5, 0.6) is 0 Å². The van der Waals surface area contributed by atoms with E-state index in [1.807, 2.05) is 4.98 Å². The zero-order chi connectivity index (χ0) is 27.0. The average molecular weight is 625 g/mol. The first kappa shape index (κ1) is 29.7. The molecule has 0 amide bonds. The third kappa shape index (κ3) is 6.98. The number of hydrogen-bond acceptors (Lipinski definition) is 15. The number of phosphoric acid groups is 2. The van der Waals surface area contributed by atoms with Crippen LogP contribution in [0.2, 0.25) is 0 Å². The maximum Gasteiger partial charge on any atom is 0.330 e. The summed E-state index contributed by atoms with van der Waals surface area (Å²) in [6, 6.07) is 0. The Balaban J connectivity index is 1.59. The third-order valence-corrected chi connectivity index (χ3v) is 8.48. The fourth-order valence-electron chi connectivity index (χ4n) is 3.42. The molecule has 206 valence electrons.